The highest BCUT2D eigenvalue weighted by molar-refractivity contribution is 5.31. The minimum atomic E-state index is -4.35. The Balaban J connectivity index is 1.54. The molecule has 1 saturated heterocycles. The summed E-state index contributed by atoms with van der Waals surface area (Å²) in [5, 5.41) is 3.48. The smallest absolute Gasteiger partial charge is 0.416 e. The molecule has 2 aliphatic rings. The number of piperazine rings is 1. The molecule has 1 aliphatic carbocycles. The van der Waals surface area contributed by atoms with E-state index in [1.807, 2.05) is 14.1 Å². The molecule has 1 aliphatic heterocycles. The molecule has 4 nitrogen and oxygen atoms in total. The first-order valence-corrected chi connectivity index (χ1v) is 13.3. The van der Waals surface area contributed by atoms with Gasteiger partial charge in [-0.15, -0.1) is 0 Å². The standard InChI is InChI=1S/C29H40F3N3O/c1-34(2)19-16-27(36-26-14-12-25(13-15-26)29(30,31)32)22-8-10-24(11-9-22)28(23-6-4-3-5-7-23)35-20-17-33-18-21-35/h8-15,23,27-28,33H,3-7,16-21H2,1-2H3. The lowest BCUT2D eigenvalue weighted by atomic mass is 9.80. The maximum atomic E-state index is 13.0. The number of hydrogen-bond donors (Lipinski definition) is 1. The number of alkyl halides is 3. The Hall–Kier alpha value is -2.09. The van der Waals surface area contributed by atoms with Gasteiger partial charge in [0.05, 0.1) is 5.56 Å². The number of halogens is 3. The molecular weight excluding hydrogens is 463 g/mol. The van der Waals surface area contributed by atoms with E-state index in [9.17, 15) is 13.2 Å². The highest BCUT2D eigenvalue weighted by atomic mass is 19.4. The molecule has 1 saturated carbocycles. The molecule has 0 bridgehead atoms. The van der Waals surface area contributed by atoms with Gasteiger partial charge in [0.1, 0.15) is 11.9 Å². The van der Waals surface area contributed by atoms with E-state index in [0.29, 0.717) is 17.7 Å². The Morgan fingerprint density at radius 2 is 1.53 bits per heavy atom. The van der Waals surface area contributed by atoms with Crippen molar-refractivity contribution in [3.8, 4) is 5.75 Å². The van der Waals surface area contributed by atoms with Gasteiger partial charge in [-0.3, -0.25) is 4.90 Å². The third kappa shape index (κ3) is 7.24. The normalized spacial score (nSPS) is 19.8. The van der Waals surface area contributed by atoms with Crippen LogP contribution in [0.3, 0.4) is 0 Å². The van der Waals surface area contributed by atoms with Gasteiger partial charge in [-0.05, 0) is 68.2 Å². The van der Waals surface area contributed by atoms with Gasteiger partial charge < -0.3 is 15.0 Å². The van der Waals surface area contributed by atoms with E-state index in [4.69, 9.17) is 4.74 Å². The predicted molar refractivity (Wildman–Crippen MR) is 138 cm³/mol. The first-order valence-electron chi connectivity index (χ1n) is 13.3. The summed E-state index contributed by atoms with van der Waals surface area (Å²) >= 11 is 0. The molecule has 198 valence electrons. The first-order chi connectivity index (χ1) is 17.3. The third-order valence-corrected chi connectivity index (χ3v) is 7.59. The maximum absolute atomic E-state index is 13.0. The van der Waals surface area contributed by atoms with Crippen molar-refractivity contribution in [3.63, 3.8) is 0 Å². The van der Waals surface area contributed by atoms with Crippen LogP contribution in [0.25, 0.3) is 0 Å². The van der Waals surface area contributed by atoms with E-state index < -0.39 is 11.7 Å². The Kier molecular flexibility index (Phi) is 9.31. The molecule has 2 aromatic carbocycles. The van der Waals surface area contributed by atoms with E-state index in [1.165, 1.54) is 49.8 Å². The zero-order chi connectivity index (χ0) is 25.5. The third-order valence-electron chi connectivity index (χ3n) is 7.59. The zero-order valence-electron chi connectivity index (χ0n) is 21.6. The van der Waals surface area contributed by atoms with Crippen LogP contribution in [-0.2, 0) is 6.18 Å². The van der Waals surface area contributed by atoms with Gasteiger partial charge in [-0.25, -0.2) is 0 Å². The maximum Gasteiger partial charge on any atom is 0.416 e. The number of ether oxygens (including phenoxy) is 1. The van der Waals surface area contributed by atoms with Crippen molar-refractivity contribution in [2.24, 2.45) is 5.92 Å². The largest absolute Gasteiger partial charge is 0.486 e. The number of benzene rings is 2. The summed E-state index contributed by atoms with van der Waals surface area (Å²) in [5.74, 6) is 1.15. The van der Waals surface area contributed by atoms with Crippen molar-refractivity contribution < 1.29 is 17.9 Å². The van der Waals surface area contributed by atoms with Crippen LogP contribution < -0.4 is 10.1 Å². The van der Waals surface area contributed by atoms with E-state index in [-0.39, 0.29) is 6.10 Å². The minimum absolute atomic E-state index is 0.231. The summed E-state index contributed by atoms with van der Waals surface area (Å²) in [6.07, 6.45) is 2.73. The average Bonchev–Trinajstić information content (AvgIpc) is 2.88. The van der Waals surface area contributed by atoms with Gasteiger partial charge in [0.15, 0.2) is 0 Å². The van der Waals surface area contributed by atoms with Crippen LogP contribution in [0.1, 0.15) is 67.4 Å². The molecule has 2 unspecified atom stereocenters. The van der Waals surface area contributed by atoms with E-state index >= 15 is 0 Å². The summed E-state index contributed by atoms with van der Waals surface area (Å²) in [7, 11) is 4.03. The van der Waals surface area contributed by atoms with Crippen LogP contribution in [0.2, 0.25) is 0 Å². The highest BCUT2D eigenvalue weighted by Crippen LogP contribution is 2.39. The fourth-order valence-corrected chi connectivity index (χ4v) is 5.66. The van der Waals surface area contributed by atoms with Gasteiger partial charge in [0.25, 0.3) is 0 Å². The molecule has 1 N–H and O–H groups in total. The monoisotopic (exact) mass is 503 g/mol. The van der Waals surface area contributed by atoms with Crippen molar-refractivity contribution in [1.29, 1.82) is 0 Å². The average molecular weight is 504 g/mol. The molecule has 7 heteroatoms. The quantitative estimate of drug-likeness (QED) is 0.434. The lowest BCUT2D eigenvalue weighted by Gasteiger charge is -2.41. The Bertz CT molecular complexity index is 900. The molecule has 2 aromatic rings. The first kappa shape index (κ1) is 27.0. The van der Waals surface area contributed by atoms with Crippen LogP contribution in [0.5, 0.6) is 5.75 Å². The molecule has 1 heterocycles. The topological polar surface area (TPSA) is 27.7 Å². The van der Waals surface area contributed by atoms with E-state index in [1.54, 1.807) is 0 Å². The fraction of sp³-hybridized carbons (Fsp3) is 0.586. The minimum Gasteiger partial charge on any atom is -0.486 e. The van der Waals surface area contributed by atoms with Gasteiger partial charge in [0.2, 0.25) is 0 Å². The van der Waals surface area contributed by atoms with Gasteiger partial charge >= 0.3 is 6.18 Å². The van der Waals surface area contributed by atoms with Crippen LogP contribution in [-0.4, -0.2) is 56.6 Å². The summed E-state index contributed by atoms with van der Waals surface area (Å²) in [5.41, 5.74) is 1.77. The number of nitrogens with one attached hydrogen (secondary N) is 1. The van der Waals surface area contributed by atoms with Crippen molar-refractivity contribution in [3.05, 3.63) is 65.2 Å². The van der Waals surface area contributed by atoms with Gasteiger partial charge in [-0.1, -0.05) is 43.5 Å². The molecule has 0 spiro atoms. The van der Waals surface area contributed by atoms with Crippen LogP contribution in [0, 0.1) is 5.92 Å². The Labute approximate surface area is 213 Å². The molecule has 0 aromatic heterocycles. The Morgan fingerprint density at radius 3 is 2.11 bits per heavy atom. The van der Waals surface area contributed by atoms with Gasteiger partial charge in [-0.2, -0.15) is 13.2 Å². The number of rotatable bonds is 9. The van der Waals surface area contributed by atoms with Crippen molar-refractivity contribution in [2.75, 3.05) is 46.8 Å². The lowest BCUT2D eigenvalue weighted by Crippen LogP contribution is -2.47. The van der Waals surface area contributed by atoms with Crippen molar-refractivity contribution >= 4 is 0 Å². The van der Waals surface area contributed by atoms with Crippen LogP contribution in [0.4, 0.5) is 13.2 Å². The summed E-state index contributed by atoms with van der Waals surface area (Å²) in [4.78, 5) is 4.75. The molecule has 4 rings (SSSR count). The molecule has 36 heavy (non-hydrogen) atoms. The summed E-state index contributed by atoms with van der Waals surface area (Å²) < 4.78 is 45.2. The Morgan fingerprint density at radius 1 is 0.917 bits per heavy atom. The molecule has 0 amide bonds. The molecular formula is C29H40F3N3O. The number of nitrogens with zero attached hydrogens (tertiary/aromatic N) is 2. The summed E-state index contributed by atoms with van der Waals surface area (Å²) in [6, 6.07) is 14.3. The predicted octanol–water partition coefficient (Wildman–Crippen LogP) is 6.30. The van der Waals surface area contributed by atoms with E-state index in [0.717, 1.165) is 56.8 Å². The van der Waals surface area contributed by atoms with Crippen molar-refractivity contribution in [2.45, 2.75) is 56.8 Å². The second kappa shape index (κ2) is 12.4. The molecule has 2 fully saturated rings. The van der Waals surface area contributed by atoms with Gasteiger partial charge in [0, 0.05) is 45.2 Å². The zero-order valence-corrected chi connectivity index (χ0v) is 21.6. The highest BCUT2D eigenvalue weighted by Gasteiger charge is 2.32. The van der Waals surface area contributed by atoms with E-state index in [2.05, 4.69) is 39.4 Å². The summed E-state index contributed by atoms with van der Waals surface area (Å²) in [6.45, 7) is 5.04. The second-order valence-corrected chi connectivity index (χ2v) is 10.5. The molecule has 0 radical (unpaired) electrons. The SMILES string of the molecule is CN(C)CCC(Oc1ccc(C(F)(F)F)cc1)c1ccc(C(C2CCCCC2)N2CCNCC2)cc1. The van der Waals surface area contributed by atoms with Crippen LogP contribution >= 0.6 is 0 Å². The fourth-order valence-electron chi connectivity index (χ4n) is 5.66. The number of hydrogen-bond acceptors (Lipinski definition) is 4. The second-order valence-electron chi connectivity index (χ2n) is 10.5. The van der Waals surface area contributed by atoms with Crippen LogP contribution in [0.15, 0.2) is 48.5 Å². The lowest BCUT2D eigenvalue weighted by molar-refractivity contribution is -0.137. The van der Waals surface area contributed by atoms with Crippen molar-refractivity contribution in [1.82, 2.24) is 15.1 Å². The molecule has 2 atom stereocenters.